The molecule has 2 nitrogen and oxygen atoms in total. The van der Waals surface area contributed by atoms with Crippen molar-refractivity contribution in [2.45, 2.75) is 129 Å². The van der Waals surface area contributed by atoms with Crippen LogP contribution in [0.2, 0.25) is 0 Å². The SMILES string of the molecule is CCCCCCCCCCCCCCCCCC(C)(C)N[O-]. The first kappa shape index (κ1) is 21.9. The third-order valence-electron chi connectivity index (χ3n) is 4.68. The summed E-state index contributed by atoms with van der Waals surface area (Å²) in [6, 6.07) is 0. The van der Waals surface area contributed by atoms with Crippen molar-refractivity contribution in [3.05, 3.63) is 5.21 Å². The van der Waals surface area contributed by atoms with Crippen LogP contribution < -0.4 is 5.48 Å². The number of nitrogens with one attached hydrogen (secondary N) is 1. The highest BCUT2D eigenvalue weighted by molar-refractivity contribution is 4.76. The molecule has 0 fully saturated rings. The lowest BCUT2D eigenvalue weighted by Crippen LogP contribution is -2.34. The van der Waals surface area contributed by atoms with E-state index in [-0.39, 0.29) is 5.54 Å². The average molecular weight is 313 g/mol. The molecule has 0 saturated heterocycles. The smallest absolute Gasteiger partial charge is 0.000819 e. The van der Waals surface area contributed by atoms with Crippen LogP contribution in [0.15, 0.2) is 0 Å². The maximum atomic E-state index is 10.7. The van der Waals surface area contributed by atoms with Crippen LogP contribution in [-0.2, 0) is 0 Å². The van der Waals surface area contributed by atoms with Gasteiger partial charge >= 0.3 is 0 Å². The van der Waals surface area contributed by atoms with Crippen LogP contribution in [0.1, 0.15) is 124 Å². The monoisotopic (exact) mass is 312 g/mol. The highest BCUT2D eigenvalue weighted by Gasteiger charge is 2.10. The number of rotatable bonds is 17. The van der Waals surface area contributed by atoms with Crippen LogP contribution in [0.4, 0.5) is 0 Å². The molecule has 0 rings (SSSR count). The second-order valence-corrected chi connectivity index (χ2v) is 7.69. The minimum atomic E-state index is -0.226. The molecule has 0 aliphatic rings. The summed E-state index contributed by atoms with van der Waals surface area (Å²) in [5, 5.41) is 10.7. The summed E-state index contributed by atoms with van der Waals surface area (Å²) < 4.78 is 0. The van der Waals surface area contributed by atoms with E-state index in [9.17, 15) is 5.21 Å². The van der Waals surface area contributed by atoms with Crippen LogP contribution in [0, 0.1) is 5.21 Å². The molecule has 0 saturated carbocycles. The van der Waals surface area contributed by atoms with Gasteiger partial charge in [0.15, 0.2) is 0 Å². The summed E-state index contributed by atoms with van der Waals surface area (Å²) in [5.41, 5.74) is 1.92. The van der Waals surface area contributed by atoms with E-state index in [1.54, 1.807) is 0 Å². The minimum absolute atomic E-state index is 0.226. The highest BCUT2D eigenvalue weighted by Crippen LogP contribution is 2.16. The molecule has 1 N–H and O–H groups in total. The third kappa shape index (κ3) is 16.3. The Bertz CT molecular complexity index is 216. The Balaban J connectivity index is 3.06. The van der Waals surface area contributed by atoms with Crippen LogP contribution in [0.5, 0.6) is 0 Å². The summed E-state index contributed by atoms with van der Waals surface area (Å²) in [6.45, 7) is 6.26. The summed E-state index contributed by atoms with van der Waals surface area (Å²) in [6.07, 6.45) is 21.9. The number of unbranched alkanes of at least 4 members (excludes halogenated alkanes) is 14. The molecule has 0 aliphatic carbocycles. The Morgan fingerprint density at radius 1 is 0.591 bits per heavy atom. The first-order valence-corrected chi connectivity index (χ1v) is 10.0. The summed E-state index contributed by atoms with van der Waals surface area (Å²) in [4.78, 5) is 0. The van der Waals surface area contributed by atoms with Crippen molar-refractivity contribution in [3.63, 3.8) is 0 Å². The maximum absolute atomic E-state index is 10.7. The Kier molecular flexibility index (Phi) is 15.7. The predicted octanol–water partition coefficient (Wildman–Crippen LogP) is 7.11. The summed E-state index contributed by atoms with van der Waals surface area (Å²) in [5.74, 6) is 0. The molecule has 0 amide bonds. The van der Waals surface area contributed by atoms with Gasteiger partial charge in [-0.15, -0.1) is 0 Å². The van der Waals surface area contributed by atoms with Crippen molar-refractivity contribution in [1.29, 1.82) is 0 Å². The molecular formula is C20H42NO-. The lowest BCUT2D eigenvalue weighted by molar-refractivity contribution is 0.387. The predicted molar refractivity (Wildman–Crippen MR) is 100 cm³/mol. The molecule has 0 spiro atoms. The fourth-order valence-corrected chi connectivity index (χ4v) is 2.99. The average Bonchev–Trinajstić information content (AvgIpc) is 2.51. The normalized spacial score (nSPS) is 12.0. The largest absolute Gasteiger partial charge is 0.787 e. The van der Waals surface area contributed by atoms with Gasteiger partial charge in [-0.2, -0.15) is 0 Å². The van der Waals surface area contributed by atoms with Crippen LogP contribution in [-0.4, -0.2) is 5.54 Å². The van der Waals surface area contributed by atoms with Crippen molar-refractivity contribution in [1.82, 2.24) is 5.48 Å². The summed E-state index contributed by atoms with van der Waals surface area (Å²) in [7, 11) is 0. The van der Waals surface area contributed by atoms with E-state index in [0.717, 1.165) is 6.42 Å². The first-order chi connectivity index (χ1) is 10.6. The molecule has 2 heteroatoms. The summed E-state index contributed by atoms with van der Waals surface area (Å²) >= 11 is 0. The third-order valence-corrected chi connectivity index (χ3v) is 4.68. The van der Waals surface area contributed by atoms with E-state index in [1.807, 2.05) is 13.8 Å². The molecule has 0 unspecified atom stereocenters. The lowest BCUT2D eigenvalue weighted by atomic mass is 9.97. The van der Waals surface area contributed by atoms with Gasteiger partial charge in [-0.05, 0) is 20.3 Å². The zero-order valence-electron chi connectivity index (χ0n) is 15.7. The molecule has 22 heavy (non-hydrogen) atoms. The van der Waals surface area contributed by atoms with Crippen molar-refractivity contribution >= 4 is 0 Å². The van der Waals surface area contributed by atoms with E-state index in [1.165, 1.54) is 96.3 Å². The molecule has 0 aromatic heterocycles. The van der Waals surface area contributed by atoms with Crippen molar-refractivity contribution in [2.75, 3.05) is 0 Å². The molecule has 0 aromatic carbocycles. The van der Waals surface area contributed by atoms with Gasteiger partial charge in [0, 0.05) is 5.54 Å². The topological polar surface area (TPSA) is 35.1 Å². The second-order valence-electron chi connectivity index (χ2n) is 7.69. The van der Waals surface area contributed by atoms with Gasteiger partial charge in [-0.3, -0.25) is 0 Å². The number of hydroxylamine groups is 1. The van der Waals surface area contributed by atoms with Crippen molar-refractivity contribution in [3.8, 4) is 0 Å². The van der Waals surface area contributed by atoms with E-state index >= 15 is 0 Å². The molecule has 0 bridgehead atoms. The molecule has 0 heterocycles. The Morgan fingerprint density at radius 2 is 0.909 bits per heavy atom. The fraction of sp³-hybridized carbons (Fsp3) is 1.00. The Morgan fingerprint density at radius 3 is 1.23 bits per heavy atom. The van der Waals surface area contributed by atoms with Gasteiger partial charge in [0.2, 0.25) is 0 Å². The van der Waals surface area contributed by atoms with Gasteiger partial charge in [-0.1, -0.05) is 103 Å². The first-order valence-electron chi connectivity index (χ1n) is 10.0. The zero-order chi connectivity index (χ0) is 16.5. The molecule has 0 radical (unpaired) electrons. The number of hydrogen-bond acceptors (Lipinski definition) is 2. The standard InChI is InChI=1S/C20H42NO/c1-4-5-6-7-8-9-10-11-12-13-14-15-16-17-18-19-20(2,3)21-22/h21H,4-19H2,1-3H3/q-1. The molecular weight excluding hydrogens is 270 g/mol. The quantitative estimate of drug-likeness (QED) is 0.229. The van der Waals surface area contributed by atoms with E-state index < -0.39 is 0 Å². The molecule has 0 aliphatic heterocycles. The second kappa shape index (κ2) is 15.8. The van der Waals surface area contributed by atoms with Crippen LogP contribution in [0.25, 0.3) is 0 Å². The van der Waals surface area contributed by atoms with Gasteiger partial charge in [0.1, 0.15) is 0 Å². The van der Waals surface area contributed by atoms with Crippen molar-refractivity contribution < 1.29 is 0 Å². The van der Waals surface area contributed by atoms with Gasteiger partial charge in [-0.25, -0.2) is 0 Å². The van der Waals surface area contributed by atoms with Gasteiger partial charge in [0.05, 0.1) is 0 Å². The molecule has 134 valence electrons. The van der Waals surface area contributed by atoms with Crippen molar-refractivity contribution in [2.24, 2.45) is 0 Å². The Labute approximate surface area is 140 Å². The number of hydrogen-bond donors (Lipinski definition) is 1. The highest BCUT2D eigenvalue weighted by atomic mass is 16.5. The van der Waals surface area contributed by atoms with E-state index in [0.29, 0.717) is 0 Å². The van der Waals surface area contributed by atoms with Gasteiger partial charge < -0.3 is 10.7 Å². The minimum Gasteiger partial charge on any atom is -0.787 e. The van der Waals surface area contributed by atoms with Gasteiger partial charge in [0.25, 0.3) is 0 Å². The maximum Gasteiger partial charge on any atom is 0.000819 e. The van der Waals surface area contributed by atoms with E-state index in [4.69, 9.17) is 0 Å². The zero-order valence-corrected chi connectivity index (χ0v) is 15.7. The van der Waals surface area contributed by atoms with Crippen LogP contribution >= 0.6 is 0 Å². The Hall–Kier alpha value is -0.0800. The van der Waals surface area contributed by atoms with Crippen LogP contribution in [0.3, 0.4) is 0 Å². The van der Waals surface area contributed by atoms with E-state index in [2.05, 4.69) is 12.4 Å². The molecule has 0 aromatic rings. The molecule has 0 atom stereocenters. The fourth-order valence-electron chi connectivity index (χ4n) is 2.99. The lowest BCUT2D eigenvalue weighted by Gasteiger charge is -2.30.